The van der Waals surface area contributed by atoms with Crippen LogP contribution in [-0.4, -0.2) is 41.4 Å². The summed E-state index contributed by atoms with van der Waals surface area (Å²) in [5.41, 5.74) is 2.63. The van der Waals surface area contributed by atoms with Crippen LogP contribution in [-0.2, 0) is 0 Å². The highest BCUT2D eigenvalue weighted by Crippen LogP contribution is 2.44. The number of nitrogens with zero attached hydrogens (tertiary/aromatic N) is 2. The summed E-state index contributed by atoms with van der Waals surface area (Å²) in [6.07, 6.45) is 3.19. The smallest absolute Gasteiger partial charge is 0.261 e. The van der Waals surface area contributed by atoms with Crippen molar-refractivity contribution in [1.82, 2.24) is 9.88 Å². The fourth-order valence-corrected chi connectivity index (χ4v) is 5.99. The molecule has 194 valence electrons. The summed E-state index contributed by atoms with van der Waals surface area (Å²) < 4.78 is 5.78. The number of nitrogens with one attached hydrogen (secondary N) is 1. The van der Waals surface area contributed by atoms with Crippen LogP contribution in [0.15, 0.2) is 76.7 Å². The first-order chi connectivity index (χ1) is 18.4. The molecule has 0 spiro atoms. The number of amides is 2. The number of anilines is 1. The quantitative estimate of drug-likeness (QED) is 0.211. The van der Waals surface area contributed by atoms with Crippen molar-refractivity contribution in [2.24, 2.45) is 0 Å². The van der Waals surface area contributed by atoms with Crippen molar-refractivity contribution < 1.29 is 14.3 Å². The molecule has 4 aromatic rings. The molecule has 0 saturated carbocycles. The minimum atomic E-state index is -0.221. The van der Waals surface area contributed by atoms with Gasteiger partial charge in [0.25, 0.3) is 11.8 Å². The SMILES string of the molecule is COc1cc(NC(C)CCCN2C(=O)c3ccccc3C2=O)c2ncccc2c1Sc1ccc(Cl)c(Cl)c1. The summed E-state index contributed by atoms with van der Waals surface area (Å²) in [5, 5.41) is 5.50. The summed E-state index contributed by atoms with van der Waals surface area (Å²) in [4.78, 5) is 33.1. The van der Waals surface area contributed by atoms with Crippen LogP contribution >= 0.6 is 35.0 Å². The Morgan fingerprint density at radius 3 is 2.42 bits per heavy atom. The van der Waals surface area contributed by atoms with Crippen molar-refractivity contribution in [1.29, 1.82) is 0 Å². The molecule has 6 nitrogen and oxygen atoms in total. The number of hydrogen-bond donors (Lipinski definition) is 1. The predicted octanol–water partition coefficient (Wildman–Crippen LogP) is 7.58. The van der Waals surface area contributed by atoms with E-state index >= 15 is 0 Å². The lowest BCUT2D eigenvalue weighted by Crippen LogP contribution is -2.31. The van der Waals surface area contributed by atoms with Gasteiger partial charge >= 0.3 is 0 Å². The third-order valence-electron chi connectivity index (χ3n) is 6.44. The van der Waals surface area contributed by atoms with Crippen LogP contribution in [0.5, 0.6) is 5.75 Å². The van der Waals surface area contributed by atoms with Crippen LogP contribution < -0.4 is 10.1 Å². The summed E-state index contributed by atoms with van der Waals surface area (Å²) >= 11 is 13.9. The molecule has 1 aliphatic heterocycles. The Labute approximate surface area is 235 Å². The van der Waals surface area contributed by atoms with Crippen LogP contribution in [0.2, 0.25) is 10.0 Å². The van der Waals surface area contributed by atoms with E-state index in [-0.39, 0.29) is 17.9 Å². The van der Waals surface area contributed by atoms with Gasteiger partial charge in [0.15, 0.2) is 0 Å². The molecule has 1 aliphatic rings. The fraction of sp³-hybridized carbons (Fsp3) is 0.207. The zero-order chi connectivity index (χ0) is 26.8. The minimum absolute atomic E-state index is 0.0636. The first-order valence-electron chi connectivity index (χ1n) is 12.2. The van der Waals surface area contributed by atoms with Gasteiger partial charge < -0.3 is 10.1 Å². The molecular weight excluding hydrogens is 541 g/mol. The molecular formula is C29H25Cl2N3O3S. The zero-order valence-electron chi connectivity index (χ0n) is 20.8. The number of rotatable bonds is 9. The maximum Gasteiger partial charge on any atom is 0.261 e. The van der Waals surface area contributed by atoms with Crippen LogP contribution in [0.4, 0.5) is 5.69 Å². The molecule has 1 unspecified atom stereocenters. The monoisotopic (exact) mass is 565 g/mol. The van der Waals surface area contributed by atoms with E-state index in [4.69, 9.17) is 27.9 Å². The molecule has 9 heteroatoms. The number of carbonyl (C=O) groups is 2. The Balaban J connectivity index is 1.31. The van der Waals surface area contributed by atoms with E-state index in [1.807, 2.05) is 30.3 Å². The van der Waals surface area contributed by atoms with Crippen molar-refractivity contribution in [3.05, 3.63) is 88.0 Å². The third-order valence-corrected chi connectivity index (χ3v) is 8.29. The van der Waals surface area contributed by atoms with Crippen LogP contribution in [0, 0.1) is 0 Å². The van der Waals surface area contributed by atoms with Gasteiger partial charge in [-0.1, -0.05) is 47.1 Å². The topological polar surface area (TPSA) is 71.5 Å². The highest BCUT2D eigenvalue weighted by Gasteiger charge is 2.34. The molecule has 0 bridgehead atoms. The maximum absolute atomic E-state index is 12.6. The van der Waals surface area contributed by atoms with E-state index in [1.165, 1.54) is 16.7 Å². The summed E-state index contributed by atoms with van der Waals surface area (Å²) in [6, 6.07) is 18.4. The molecule has 1 N–H and O–H groups in total. The second kappa shape index (κ2) is 11.2. The van der Waals surface area contributed by atoms with Crippen LogP contribution in [0.1, 0.15) is 40.5 Å². The number of fused-ring (bicyclic) bond motifs is 2. The molecule has 38 heavy (non-hydrogen) atoms. The third kappa shape index (κ3) is 5.19. The van der Waals surface area contributed by atoms with Gasteiger partial charge in [0.05, 0.1) is 44.4 Å². The number of ether oxygens (including phenoxy) is 1. The average Bonchev–Trinajstić information content (AvgIpc) is 3.17. The van der Waals surface area contributed by atoms with Gasteiger partial charge in [0.1, 0.15) is 5.75 Å². The van der Waals surface area contributed by atoms with E-state index in [9.17, 15) is 9.59 Å². The van der Waals surface area contributed by atoms with Gasteiger partial charge in [0, 0.05) is 35.1 Å². The predicted molar refractivity (Wildman–Crippen MR) is 153 cm³/mol. The van der Waals surface area contributed by atoms with Crippen molar-refractivity contribution in [3.8, 4) is 5.75 Å². The minimum Gasteiger partial charge on any atom is -0.495 e. The number of pyridine rings is 1. The van der Waals surface area contributed by atoms with Gasteiger partial charge in [-0.25, -0.2) is 0 Å². The molecule has 3 aromatic carbocycles. The maximum atomic E-state index is 12.6. The standard InChI is InChI=1S/C29H25Cl2N3O3S/c1-17(7-6-14-34-28(35)19-8-3-4-9-20(19)29(34)36)33-24-16-25(37-2)27(21-10-5-13-32-26(21)24)38-18-11-12-22(30)23(31)15-18/h3-5,8-13,15-17,33H,6-7,14H2,1-2H3. The largest absolute Gasteiger partial charge is 0.495 e. The Morgan fingerprint density at radius 1 is 1.00 bits per heavy atom. The molecule has 0 radical (unpaired) electrons. The first kappa shape index (κ1) is 26.4. The van der Waals surface area contributed by atoms with E-state index < -0.39 is 0 Å². The Morgan fingerprint density at radius 2 is 1.74 bits per heavy atom. The van der Waals surface area contributed by atoms with Gasteiger partial charge in [-0.05, 0) is 62.2 Å². The number of carbonyl (C=O) groups excluding carboxylic acids is 2. The summed E-state index contributed by atoms with van der Waals surface area (Å²) in [7, 11) is 1.64. The lowest BCUT2D eigenvalue weighted by atomic mass is 10.1. The molecule has 1 aromatic heterocycles. The lowest BCUT2D eigenvalue weighted by molar-refractivity contribution is 0.0651. The van der Waals surface area contributed by atoms with Crippen LogP contribution in [0.3, 0.4) is 0 Å². The van der Waals surface area contributed by atoms with Crippen molar-refractivity contribution in [3.63, 3.8) is 0 Å². The van der Waals surface area contributed by atoms with Gasteiger partial charge in [0.2, 0.25) is 0 Å². The molecule has 0 saturated heterocycles. The second-order valence-corrected chi connectivity index (χ2v) is 10.9. The van der Waals surface area contributed by atoms with Gasteiger partial charge in [-0.2, -0.15) is 0 Å². The normalized spacial score (nSPS) is 13.6. The number of methoxy groups -OCH3 is 1. The number of imide groups is 1. The molecule has 2 amide bonds. The van der Waals surface area contributed by atoms with Gasteiger partial charge in [-0.3, -0.25) is 19.5 Å². The van der Waals surface area contributed by atoms with E-state index in [0.29, 0.717) is 39.9 Å². The van der Waals surface area contributed by atoms with Crippen molar-refractivity contribution >= 4 is 63.4 Å². The Kier molecular flexibility index (Phi) is 7.79. The first-order valence-corrected chi connectivity index (χ1v) is 13.7. The Bertz CT molecular complexity index is 1510. The number of halogens is 2. The summed E-state index contributed by atoms with van der Waals surface area (Å²) in [6.45, 7) is 2.45. The molecule has 5 rings (SSSR count). The zero-order valence-corrected chi connectivity index (χ0v) is 23.2. The van der Waals surface area contributed by atoms with Gasteiger partial charge in [-0.15, -0.1) is 0 Å². The lowest BCUT2D eigenvalue weighted by Gasteiger charge is -2.20. The van der Waals surface area contributed by atoms with E-state index in [2.05, 4.69) is 17.2 Å². The van der Waals surface area contributed by atoms with Crippen molar-refractivity contribution in [2.75, 3.05) is 19.0 Å². The molecule has 1 atom stereocenters. The average molecular weight is 567 g/mol. The highest BCUT2D eigenvalue weighted by molar-refractivity contribution is 7.99. The molecule has 0 fully saturated rings. The van der Waals surface area contributed by atoms with E-state index in [0.717, 1.165) is 32.8 Å². The molecule has 0 aliphatic carbocycles. The fourth-order valence-electron chi connectivity index (χ4n) is 4.56. The van der Waals surface area contributed by atoms with E-state index in [1.54, 1.807) is 43.6 Å². The number of aromatic nitrogens is 1. The second-order valence-electron chi connectivity index (χ2n) is 9.03. The number of hydrogen-bond acceptors (Lipinski definition) is 6. The summed E-state index contributed by atoms with van der Waals surface area (Å²) in [5.74, 6) is 0.268. The van der Waals surface area contributed by atoms with Crippen molar-refractivity contribution in [2.45, 2.75) is 35.6 Å². The molecule has 2 heterocycles. The highest BCUT2D eigenvalue weighted by atomic mass is 35.5. The van der Waals surface area contributed by atoms with Crippen LogP contribution in [0.25, 0.3) is 10.9 Å². The Hall–Kier alpha value is -3.26. The number of benzene rings is 3.